The van der Waals surface area contributed by atoms with Gasteiger partial charge in [0.05, 0.1) is 10.5 Å². The van der Waals surface area contributed by atoms with Crippen LogP contribution in [0.4, 0.5) is 4.39 Å². The minimum atomic E-state index is -3.57. The first-order chi connectivity index (χ1) is 12.3. The van der Waals surface area contributed by atoms with Crippen LogP contribution in [0.25, 0.3) is 0 Å². The third kappa shape index (κ3) is 3.97. The molecule has 1 aliphatic heterocycles. The van der Waals surface area contributed by atoms with Crippen LogP contribution in [0.15, 0.2) is 35.2 Å². The van der Waals surface area contributed by atoms with Gasteiger partial charge in [0.1, 0.15) is 5.82 Å². The number of rotatable bonds is 4. The molecule has 1 aromatic carbocycles. The molecule has 5 nitrogen and oxygen atoms in total. The number of sulfonamides is 1. The molecule has 140 valence electrons. The fourth-order valence-electron chi connectivity index (χ4n) is 3.16. The van der Waals surface area contributed by atoms with Gasteiger partial charge >= 0.3 is 0 Å². The van der Waals surface area contributed by atoms with Crippen molar-refractivity contribution in [2.75, 3.05) is 13.1 Å². The third-order valence-electron chi connectivity index (χ3n) is 4.49. The van der Waals surface area contributed by atoms with Crippen molar-refractivity contribution in [3.05, 3.63) is 51.5 Å². The molecular formula is C18H21FN2O3S2. The monoisotopic (exact) mass is 396 g/mol. The van der Waals surface area contributed by atoms with E-state index in [1.165, 1.54) is 23.5 Å². The number of nitrogens with zero attached hydrogens (tertiary/aromatic N) is 1. The number of hydrogen-bond acceptors (Lipinski definition) is 4. The quantitative estimate of drug-likeness (QED) is 0.864. The van der Waals surface area contributed by atoms with E-state index in [1.54, 1.807) is 30.0 Å². The number of piperidine rings is 1. The topological polar surface area (TPSA) is 66.5 Å². The Balaban J connectivity index is 1.63. The minimum Gasteiger partial charge on any atom is -0.338 e. The number of carbonyl (C=O) groups excluding carboxylic acids is 1. The molecule has 0 aliphatic carbocycles. The lowest BCUT2D eigenvalue weighted by molar-refractivity contribution is 0.0706. The van der Waals surface area contributed by atoms with Crippen molar-refractivity contribution in [3.8, 4) is 0 Å². The number of thiophene rings is 1. The number of nitrogens with one attached hydrogen (secondary N) is 1. The van der Waals surface area contributed by atoms with E-state index in [-0.39, 0.29) is 17.5 Å². The van der Waals surface area contributed by atoms with E-state index in [9.17, 15) is 17.6 Å². The molecule has 1 aliphatic rings. The van der Waals surface area contributed by atoms with Gasteiger partial charge in [0, 0.05) is 28.9 Å². The van der Waals surface area contributed by atoms with Gasteiger partial charge in [0.25, 0.3) is 5.91 Å². The summed E-state index contributed by atoms with van der Waals surface area (Å²) in [4.78, 5) is 16.0. The lowest BCUT2D eigenvalue weighted by atomic mass is 10.0. The number of likely N-dealkylation sites (tertiary alicyclic amines) is 1. The van der Waals surface area contributed by atoms with E-state index in [2.05, 4.69) is 4.72 Å². The summed E-state index contributed by atoms with van der Waals surface area (Å²) < 4.78 is 41.7. The van der Waals surface area contributed by atoms with E-state index < -0.39 is 15.8 Å². The van der Waals surface area contributed by atoms with Crippen LogP contribution in [0.3, 0.4) is 0 Å². The highest BCUT2D eigenvalue weighted by Crippen LogP contribution is 2.26. The van der Waals surface area contributed by atoms with Crippen LogP contribution in [0, 0.1) is 19.7 Å². The summed E-state index contributed by atoms with van der Waals surface area (Å²) in [6, 6.07) is 7.35. The van der Waals surface area contributed by atoms with Gasteiger partial charge in [-0.05, 0) is 44.9 Å². The van der Waals surface area contributed by atoms with Gasteiger partial charge < -0.3 is 4.90 Å². The normalized spacial score (nSPS) is 16.0. The number of aryl methyl sites for hydroxylation is 2. The van der Waals surface area contributed by atoms with Crippen molar-refractivity contribution in [2.45, 2.75) is 37.6 Å². The molecule has 1 aromatic heterocycles. The maximum Gasteiger partial charge on any atom is 0.256 e. The third-order valence-corrected chi connectivity index (χ3v) is 7.24. The second-order valence-corrected chi connectivity index (χ2v) is 9.59. The summed E-state index contributed by atoms with van der Waals surface area (Å²) in [5, 5.41) is 0. The number of benzene rings is 1. The molecule has 1 N–H and O–H groups in total. The molecular weight excluding hydrogens is 375 g/mol. The van der Waals surface area contributed by atoms with Crippen molar-refractivity contribution in [1.82, 2.24) is 9.62 Å². The summed E-state index contributed by atoms with van der Waals surface area (Å²) >= 11 is 1.45. The van der Waals surface area contributed by atoms with Gasteiger partial charge in [-0.25, -0.2) is 17.5 Å². The van der Waals surface area contributed by atoms with Crippen LogP contribution in [-0.4, -0.2) is 38.4 Å². The van der Waals surface area contributed by atoms with E-state index in [1.807, 2.05) is 6.92 Å². The van der Waals surface area contributed by atoms with Gasteiger partial charge in [-0.3, -0.25) is 4.79 Å². The fourth-order valence-corrected chi connectivity index (χ4v) is 6.02. The molecule has 0 bridgehead atoms. The van der Waals surface area contributed by atoms with E-state index >= 15 is 0 Å². The molecule has 2 aromatic rings. The second kappa shape index (κ2) is 7.46. The first-order valence-electron chi connectivity index (χ1n) is 8.41. The van der Waals surface area contributed by atoms with Crippen molar-refractivity contribution in [3.63, 3.8) is 0 Å². The van der Waals surface area contributed by atoms with Crippen LogP contribution < -0.4 is 4.72 Å². The molecule has 1 amide bonds. The highest BCUT2D eigenvalue weighted by Gasteiger charge is 2.29. The maximum absolute atomic E-state index is 13.8. The average molecular weight is 397 g/mol. The predicted octanol–water partition coefficient (Wildman–Crippen LogP) is 3.09. The number of amides is 1. The Morgan fingerprint density at radius 1 is 1.23 bits per heavy atom. The number of carbonyl (C=O) groups is 1. The van der Waals surface area contributed by atoms with Crippen LogP contribution in [-0.2, 0) is 10.0 Å². The van der Waals surface area contributed by atoms with Crippen LogP contribution in [0.5, 0.6) is 0 Å². The molecule has 0 spiro atoms. The molecule has 8 heteroatoms. The molecule has 26 heavy (non-hydrogen) atoms. The standard InChI is InChI=1S/C18H21FN2O3S2/c1-12-11-17(13(2)25-12)26(23,24)20-14-7-9-21(10-8-14)18(22)15-5-3-4-6-16(15)19/h3-6,11,14,20H,7-10H2,1-2H3. The van der Waals surface area contributed by atoms with Crippen molar-refractivity contribution < 1.29 is 17.6 Å². The molecule has 1 saturated heterocycles. The van der Waals surface area contributed by atoms with Crippen molar-refractivity contribution >= 4 is 27.3 Å². The van der Waals surface area contributed by atoms with Gasteiger partial charge in [-0.1, -0.05) is 12.1 Å². The number of hydrogen-bond donors (Lipinski definition) is 1. The highest BCUT2D eigenvalue weighted by atomic mass is 32.2. The lowest BCUT2D eigenvalue weighted by Crippen LogP contribution is -2.46. The zero-order valence-corrected chi connectivity index (χ0v) is 16.3. The maximum atomic E-state index is 13.8. The Morgan fingerprint density at radius 3 is 2.46 bits per heavy atom. The largest absolute Gasteiger partial charge is 0.338 e. The van der Waals surface area contributed by atoms with Crippen molar-refractivity contribution in [1.29, 1.82) is 0 Å². The summed E-state index contributed by atoms with van der Waals surface area (Å²) in [7, 11) is -3.57. The van der Waals surface area contributed by atoms with E-state index in [0.29, 0.717) is 30.8 Å². The Bertz CT molecular complexity index is 916. The van der Waals surface area contributed by atoms with Gasteiger partial charge in [0.15, 0.2) is 0 Å². The average Bonchev–Trinajstić information content (AvgIpc) is 2.94. The first-order valence-corrected chi connectivity index (χ1v) is 10.7. The van der Waals surface area contributed by atoms with E-state index in [4.69, 9.17) is 0 Å². The molecule has 2 heterocycles. The smallest absolute Gasteiger partial charge is 0.256 e. The SMILES string of the molecule is Cc1cc(S(=O)(=O)NC2CCN(C(=O)c3ccccc3F)CC2)c(C)s1. The Hall–Kier alpha value is -1.77. The van der Waals surface area contributed by atoms with Crippen LogP contribution >= 0.6 is 11.3 Å². The van der Waals surface area contributed by atoms with Gasteiger partial charge in [-0.2, -0.15) is 0 Å². The zero-order valence-electron chi connectivity index (χ0n) is 14.7. The molecule has 0 atom stereocenters. The summed E-state index contributed by atoms with van der Waals surface area (Å²) in [6.45, 7) is 4.45. The number of halogens is 1. The predicted molar refractivity (Wildman–Crippen MR) is 99.4 cm³/mol. The van der Waals surface area contributed by atoms with Gasteiger partial charge in [0.2, 0.25) is 10.0 Å². The summed E-state index contributed by atoms with van der Waals surface area (Å²) in [6.07, 6.45) is 1.00. The summed E-state index contributed by atoms with van der Waals surface area (Å²) in [5.41, 5.74) is 0.0518. The minimum absolute atomic E-state index is 0.0518. The molecule has 1 fully saturated rings. The second-order valence-electron chi connectivity index (χ2n) is 6.45. The zero-order chi connectivity index (χ0) is 18.9. The molecule has 0 unspecified atom stereocenters. The molecule has 3 rings (SSSR count). The fraction of sp³-hybridized carbons (Fsp3) is 0.389. The van der Waals surface area contributed by atoms with Gasteiger partial charge in [-0.15, -0.1) is 11.3 Å². The Morgan fingerprint density at radius 2 is 1.88 bits per heavy atom. The highest BCUT2D eigenvalue weighted by molar-refractivity contribution is 7.89. The Kier molecular flexibility index (Phi) is 5.45. The molecule has 0 saturated carbocycles. The summed E-state index contributed by atoms with van der Waals surface area (Å²) in [5.74, 6) is -0.891. The van der Waals surface area contributed by atoms with Crippen LogP contribution in [0.2, 0.25) is 0 Å². The molecule has 0 radical (unpaired) electrons. The van der Waals surface area contributed by atoms with E-state index in [0.717, 1.165) is 9.75 Å². The Labute approximate surface area is 156 Å². The van der Waals surface area contributed by atoms with Crippen LogP contribution in [0.1, 0.15) is 33.0 Å². The first kappa shape index (κ1) is 19.0. The lowest BCUT2D eigenvalue weighted by Gasteiger charge is -2.32. The van der Waals surface area contributed by atoms with Crippen molar-refractivity contribution in [2.24, 2.45) is 0 Å².